The quantitative estimate of drug-likeness (QED) is 0.0346. The number of hydrogen-bond donors (Lipinski definition) is 28. The number of nitrogens with one attached hydrogen (secondary N) is 4. The van der Waals surface area contributed by atoms with E-state index in [2.05, 4.69) is 21.3 Å². The van der Waals surface area contributed by atoms with Crippen LogP contribution in [0.1, 0.15) is 34.6 Å². The molecule has 642 valence electrons. The van der Waals surface area contributed by atoms with Crippen molar-refractivity contribution in [3.63, 3.8) is 0 Å². The minimum absolute atomic E-state index is 0.837. The van der Waals surface area contributed by atoms with Crippen LogP contribution in [0, 0.1) is 0 Å². The van der Waals surface area contributed by atoms with Gasteiger partial charge in [-0.15, -0.1) is 0 Å². The molecule has 0 radical (unpaired) electrons. The van der Waals surface area contributed by atoms with E-state index in [-0.39, 0.29) is 0 Å². The maximum Gasteiger partial charge on any atom is 0.217 e. The van der Waals surface area contributed by atoms with Gasteiger partial charge in [-0.05, 0) is 6.92 Å². The molecule has 49 heteroatoms. The lowest BCUT2D eigenvalue weighted by Crippen LogP contribution is -2.72. The molecule has 111 heavy (non-hydrogen) atoms. The lowest BCUT2D eigenvalue weighted by Gasteiger charge is -2.52. The first kappa shape index (κ1) is 91.1. The molecule has 9 aliphatic rings. The van der Waals surface area contributed by atoms with E-state index < -0.39 is 353 Å². The number of hydrogen-bond acceptors (Lipinski definition) is 45. The fourth-order valence-corrected chi connectivity index (χ4v) is 14.4. The monoisotopic (exact) mass is 1620 g/mol. The second kappa shape index (κ2) is 39.7. The van der Waals surface area contributed by atoms with Crippen molar-refractivity contribution in [2.75, 3.05) is 52.9 Å². The predicted molar refractivity (Wildman–Crippen MR) is 342 cm³/mol. The highest BCUT2D eigenvalue weighted by atomic mass is 16.8. The molecular weight excluding hydrogens is 1520 g/mol. The van der Waals surface area contributed by atoms with Crippen LogP contribution in [0.2, 0.25) is 0 Å². The molecule has 9 saturated heterocycles. The van der Waals surface area contributed by atoms with Crippen LogP contribution in [0.15, 0.2) is 0 Å². The molecule has 9 rings (SSSR count). The molecule has 0 aromatic rings. The van der Waals surface area contributed by atoms with Gasteiger partial charge in [0.1, 0.15) is 213 Å². The third-order valence-electron chi connectivity index (χ3n) is 20.3. The highest BCUT2D eigenvalue weighted by molar-refractivity contribution is 5.74. The Morgan fingerprint density at radius 3 is 1.00 bits per heavy atom. The summed E-state index contributed by atoms with van der Waals surface area (Å²) in [6.45, 7) is -3.74. The Kier molecular flexibility index (Phi) is 32.6. The van der Waals surface area contributed by atoms with Crippen LogP contribution in [0.25, 0.3) is 0 Å². The summed E-state index contributed by atoms with van der Waals surface area (Å²) in [6.07, 6.45) is -85.2. The second-order valence-corrected chi connectivity index (χ2v) is 28.1. The van der Waals surface area contributed by atoms with Crippen LogP contribution in [0.3, 0.4) is 0 Å². The summed E-state index contributed by atoms with van der Waals surface area (Å²) < 4.78 is 102. The smallest absolute Gasteiger partial charge is 0.217 e. The van der Waals surface area contributed by atoms with Gasteiger partial charge in [-0.25, -0.2) is 0 Å². The zero-order chi connectivity index (χ0) is 81.8. The Balaban J connectivity index is 1.09. The van der Waals surface area contributed by atoms with Crippen molar-refractivity contribution >= 4 is 23.6 Å². The second-order valence-electron chi connectivity index (χ2n) is 28.1. The normalized spacial score (nSPS) is 49.3. The van der Waals surface area contributed by atoms with Crippen molar-refractivity contribution in [3.05, 3.63) is 0 Å². The Morgan fingerprint density at radius 1 is 0.252 bits per heavy atom. The standard InChI is InChI=1S/C62H104N4O45/c1-14-31(78)41(88)44(91)59(96-14)111-53-52(110-56-28(64-16(3)75)40(87)33(80)20(7-68)99-56)37(84)24(11-72)103-62(53)107-49-30(66-18(5)77)58(101-22(9-70)35(49)82)109-51-38(85)26(13-95-55-27(63-15(2)74)39(86)32(79)19(6-67)98-55)104-61(46(51)93)106-48-29(65-17(4)76)57(100-21(8-69)34(48)81)108-50-36(83)23(10-71)102-60(45(50)92)105-47-25(12-73)97-54(94)43(90)42(47)89/h14,19-62,67-73,78-94H,6-13H2,1-5H3,(H,63,74)(H,64,75)(H,65,76)(H,66,77)/t14-,19+,20+,21+,22+,23+,24+,25+,26+,27+,28+,29+,30+,31+,32+,33-,34+,35+,36-,37-,38-,39+,40+,41+,42+,43+,44-,45+,46+,47+,48+,49+,50-,51-,52-,53+,54+,55+,56+,57-,58-,59-,60-,61-,62-/m0/s1. The van der Waals surface area contributed by atoms with Gasteiger partial charge < -0.3 is 224 Å². The number of carbonyl (C=O) groups excluding carboxylic acids is 4. The van der Waals surface area contributed by atoms with Crippen LogP contribution in [0.5, 0.6) is 0 Å². The van der Waals surface area contributed by atoms with Gasteiger partial charge in [-0.3, -0.25) is 19.2 Å². The van der Waals surface area contributed by atoms with Crippen molar-refractivity contribution < 1.29 is 222 Å². The molecule has 9 heterocycles. The van der Waals surface area contributed by atoms with E-state index in [4.69, 9.17) is 80.5 Å². The molecule has 9 aliphatic heterocycles. The molecular formula is C62H104N4O45. The molecule has 0 aromatic heterocycles. The molecule has 4 amide bonds. The summed E-state index contributed by atoms with van der Waals surface area (Å²) >= 11 is 0. The van der Waals surface area contributed by atoms with E-state index in [1.807, 2.05) is 0 Å². The summed E-state index contributed by atoms with van der Waals surface area (Å²) in [5, 5.41) is 277. The van der Waals surface area contributed by atoms with Crippen molar-refractivity contribution in [1.82, 2.24) is 21.3 Å². The van der Waals surface area contributed by atoms with Gasteiger partial charge in [0.05, 0.1) is 59.0 Å². The van der Waals surface area contributed by atoms with Crippen molar-refractivity contribution in [2.45, 2.75) is 311 Å². The van der Waals surface area contributed by atoms with Gasteiger partial charge >= 0.3 is 0 Å². The maximum absolute atomic E-state index is 13.6. The first-order valence-electron chi connectivity index (χ1n) is 35.5. The first-order chi connectivity index (χ1) is 52.5. The van der Waals surface area contributed by atoms with Crippen LogP contribution < -0.4 is 21.3 Å². The topological polar surface area (TPSA) is 759 Å². The fourth-order valence-electron chi connectivity index (χ4n) is 14.4. The summed E-state index contributed by atoms with van der Waals surface area (Å²) in [4.78, 5) is 52.0. The highest BCUT2D eigenvalue weighted by Gasteiger charge is 2.62. The van der Waals surface area contributed by atoms with Gasteiger partial charge in [0.2, 0.25) is 23.6 Å². The van der Waals surface area contributed by atoms with E-state index in [0.29, 0.717) is 0 Å². The average molecular weight is 1630 g/mol. The zero-order valence-corrected chi connectivity index (χ0v) is 59.9. The summed E-state index contributed by atoms with van der Waals surface area (Å²) in [6, 6.07) is -7.64. The Labute approximate surface area is 629 Å². The maximum atomic E-state index is 13.6. The summed E-state index contributed by atoms with van der Waals surface area (Å²) in [5.41, 5.74) is 0. The molecule has 0 aromatic carbocycles. The molecule has 49 nitrogen and oxygen atoms in total. The number of amides is 4. The first-order valence-corrected chi connectivity index (χ1v) is 35.5. The third-order valence-corrected chi connectivity index (χ3v) is 20.3. The van der Waals surface area contributed by atoms with Gasteiger partial charge in [-0.1, -0.05) is 0 Å². The van der Waals surface area contributed by atoms with Crippen LogP contribution in [0.4, 0.5) is 0 Å². The van der Waals surface area contributed by atoms with E-state index >= 15 is 0 Å². The Morgan fingerprint density at radius 2 is 0.559 bits per heavy atom. The summed E-state index contributed by atoms with van der Waals surface area (Å²) in [5.74, 6) is -3.76. The van der Waals surface area contributed by atoms with E-state index in [1.54, 1.807) is 0 Å². The molecule has 0 aliphatic carbocycles. The lowest BCUT2D eigenvalue weighted by molar-refractivity contribution is -0.401. The van der Waals surface area contributed by atoms with Crippen molar-refractivity contribution in [3.8, 4) is 0 Å². The third kappa shape index (κ3) is 20.2. The van der Waals surface area contributed by atoms with Crippen molar-refractivity contribution in [2.24, 2.45) is 0 Å². The highest BCUT2D eigenvalue weighted by Crippen LogP contribution is 2.41. The number of ether oxygens (including phenoxy) is 17. The fraction of sp³-hybridized carbons (Fsp3) is 0.935. The largest absolute Gasteiger partial charge is 0.394 e. The SMILES string of the molecule is CC(=O)N[C@H]1[C@@H](O[C@H]2[C@@H](O)[C@@H](CO)O[C@@H](O[C@H]3[C@H](O)[C@@H](CO)O[C@@H](O[C@H]4[C@@H](O)[C@@H](CO[C@@H]5O[C@H](CO)[C@@H](O)[C@H](O)[C@H]5NC(C)=O)O[C@@H](O[C@H]5[C@H](O)[C@@H](CO)O[C@@H](O[C@H]6[C@@H](O)[C@@H](CO)O[C@@H](O[C@H]7[C@H](O)[C@@H](O)[C@H](O)O[C@@H]7CO)[C@@H]6O)[C@@H]5NC(C)=O)[C@@H]4O)[C@@H]3NC(C)=O)[C@@H]2O[C@@H]2O[C@@H](C)[C@@H](O)[C@@H](O)[C@@H]2O)O[C@H](CO)[C@H](O)[C@@H]1O. The Bertz CT molecular complexity index is 2950. The van der Waals surface area contributed by atoms with Gasteiger partial charge in [-0.2, -0.15) is 0 Å². The minimum Gasteiger partial charge on any atom is -0.394 e. The molecule has 0 unspecified atom stereocenters. The average Bonchev–Trinajstić information content (AvgIpc) is 0.760. The van der Waals surface area contributed by atoms with Gasteiger partial charge in [0.25, 0.3) is 0 Å². The minimum atomic E-state index is -2.58. The van der Waals surface area contributed by atoms with E-state index in [0.717, 1.165) is 27.7 Å². The van der Waals surface area contributed by atoms with E-state index in [1.165, 1.54) is 6.92 Å². The van der Waals surface area contributed by atoms with Gasteiger partial charge in [0, 0.05) is 27.7 Å². The van der Waals surface area contributed by atoms with Crippen LogP contribution >= 0.6 is 0 Å². The molecule has 0 bridgehead atoms. The van der Waals surface area contributed by atoms with Crippen molar-refractivity contribution in [1.29, 1.82) is 0 Å². The molecule has 0 saturated carbocycles. The number of aliphatic hydroxyl groups is 24. The van der Waals surface area contributed by atoms with Crippen LogP contribution in [-0.2, 0) is 99.7 Å². The molecule has 28 N–H and O–H groups in total. The summed E-state index contributed by atoms with van der Waals surface area (Å²) in [7, 11) is 0. The van der Waals surface area contributed by atoms with E-state index in [9.17, 15) is 142 Å². The zero-order valence-electron chi connectivity index (χ0n) is 59.9. The number of rotatable bonds is 28. The van der Waals surface area contributed by atoms with Crippen LogP contribution in [-0.4, -0.2) is 475 Å². The predicted octanol–water partition coefficient (Wildman–Crippen LogP) is -19.0. The molecule has 0 spiro atoms. The van der Waals surface area contributed by atoms with Gasteiger partial charge in [0.15, 0.2) is 56.6 Å². The number of carbonyl (C=O) groups is 4. The molecule has 45 atom stereocenters. The number of aliphatic hydroxyl groups excluding tert-OH is 24. The molecule has 9 fully saturated rings. The lowest BCUT2D eigenvalue weighted by atomic mass is 9.93. The Hall–Kier alpha value is -3.76.